The van der Waals surface area contributed by atoms with Crippen molar-refractivity contribution >= 4 is 21.8 Å². The number of amides is 2. The van der Waals surface area contributed by atoms with Crippen molar-refractivity contribution in [1.29, 1.82) is 0 Å². The molecular weight excluding hydrogens is 474 g/mol. The summed E-state index contributed by atoms with van der Waals surface area (Å²) in [7, 11) is -3.64. The number of nitrogens with one attached hydrogen (secondary N) is 2. The molecule has 0 aromatic heterocycles. The Labute approximate surface area is 214 Å². The molecule has 7 nitrogen and oxygen atoms in total. The third-order valence-corrected chi connectivity index (χ3v) is 9.12. The molecule has 2 amide bonds. The molecule has 2 N–H and O–H groups in total. The summed E-state index contributed by atoms with van der Waals surface area (Å²) in [5, 5.41) is 5.83. The third kappa shape index (κ3) is 5.71. The minimum atomic E-state index is -3.64. The van der Waals surface area contributed by atoms with Gasteiger partial charge in [-0.15, -0.1) is 0 Å². The third-order valence-electron chi connectivity index (χ3n) is 7.28. The van der Waals surface area contributed by atoms with Crippen molar-refractivity contribution < 1.29 is 18.0 Å². The molecule has 0 bridgehead atoms. The summed E-state index contributed by atoms with van der Waals surface area (Å²) in [6, 6.07) is 14.4. The van der Waals surface area contributed by atoms with Crippen LogP contribution in [-0.4, -0.2) is 43.7 Å². The highest BCUT2D eigenvalue weighted by Gasteiger charge is 2.45. The maximum atomic E-state index is 13.2. The van der Waals surface area contributed by atoms with Crippen LogP contribution in [0.15, 0.2) is 66.1 Å². The topological polar surface area (TPSA) is 95.6 Å². The summed E-state index contributed by atoms with van der Waals surface area (Å²) in [6.07, 6.45) is 2.81. The molecule has 1 saturated heterocycles. The number of hydrogen-bond acceptors (Lipinski definition) is 4. The van der Waals surface area contributed by atoms with Crippen LogP contribution in [0, 0.1) is 11.8 Å². The Morgan fingerprint density at radius 1 is 1.00 bits per heavy atom. The van der Waals surface area contributed by atoms with E-state index >= 15 is 0 Å². The zero-order valence-electron chi connectivity index (χ0n) is 21.2. The molecule has 192 valence electrons. The molecule has 4 rings (SSSR count). The molecular formula is C28H35N3O4S. The first-order chi connectivity index (χ1) is 17.0. The lowest BCUT2D eigenvalue weighted by molar-refractivity contribution is -0.117. The van der Waals surface area contributed by atoms with E-state index < -0.39 is 10.0 Å². The summed E-state index contributed by atoms with van der Waals surface area (Å²) < 4.78 is 27.9. The second kappa shape index (κ2) is 10.2. The van der Waals surface area contributed by atoms with Crippen molar-refractivity contribution in [3.63, 3.8) is 0 Å². The second-order valence-corrected chi connectivity index (χ2v) is 12.8. The molecule has 2 fully saturated rings. The van der Waals surface area contributed by atoms with Gasteiger partial charge in [-0.05, 0) is 71.6 Å². The van der Waals surface area contributed by atoms with Crippen molar-refractivity contribution in [2.45, 2.75) is 56.5 Å². The van der Waals surface area contributed by atoms with Gasteiger partial charge in [0.2, 0.25) is 15.9 Å². The highest BCUT2D eigenvalue weighted by Crippen LogP contribution is 2.40. The summed E-state index contributed by atoms with van der Waals surface area (Å²) in [6.45, 7) is 11.2. The highest BCUT2D eigenvalue weighted by atomic mass is 32.2. The zero-order valence-corrected chi connectivity index (χ0v) is 22.0. The lowest BCUT2D eigenvalue weighted by Crippen LogP contribution is -2.35. The number of sulfonamides is 1. The van der Waals surface area contributed by atoms with Gasteiger partial charge in [0, 0.05) is 31.2 Å². The molecule has 0 radical (unpaired) electrons. The Hall–Kier alpha value is -2.97. The van der Waals surface area contributed by atoms with Crippen LogP contribution in [-0.2, 0) is 26.8 Å². The van der Waals surface area contributed by atoms with Gasteiger partial charge in [-0.1, -0.05) is 51.6 Å². The largest absolute Gasteiger partial charge is 0.350 e. The van der Waals surface area contributed by atoms with E-state index in [1.54, 1.807) is 12.1 Å². The number of carbonyl (C=O) groups excluding carboxylic acids is 2. The predicted octanol–water partition coefficient (Wildman–Crippen LogP) is 3.62. The van der Waals surface area contributed by atoms with E-state index in [1.165, 1.54) is 28.1 Å². The molecule has 2 atom stereocenters. The van der Waals surface area contributed by atoms with Crippen LogP contribution in [0.3, 0.4) is 0 Å². The van der Waals surface area contributed by atoms with E-state index in [0.717, 1.165) is 18.4 Å². The van der Waals surface area contributed by atoms with Crippen LogP contribution in [0.25, 0.3) is 0 Å². The molecule has 2 aromatic carbocycles. The van der Waals surface area contributed by atoms with Crippen molar-refractivity contribution in [2.75, 3.05) is 13.1 Å². The van der Waals surface area contributed by atoms with Gasteiger partial charge < -0.3 is 10.6 Å². The number of rotatable bonds is 7. The average molecular weight is 510 g/mol. The standard InChI is InChI=1S/C28H35N3O4S/c1-5-26(32)30-24-14-21-17-31(18-22(21)15-24)36(34,35)25-12-8-20(9-13-25)27(33)29-16-19-6-10-23(11-7-19)28(2,3)4/h5-13,21-22,24H,1,14-18H2,2-4H3,(H,29,33)(H,30,32). The van der Waals surface area contributed by atoms with E-state index in [1.807, 2.05) is 12.1 Å². The first-order valence-corrected chi connectivity index (χ1v) is 13.8. The lowest BCUT2D eigenvalue weighted by atomic mass is 9.87. The van der Waals surface area contributed by atoms with Gasteiger partial charge in [0.05, 0.1) is 4.90 Å². The number of hydrogen-bond donors (Lipinski definition) is 2. The second-order valence-electron chi connectivity index (χ2n) is 10.9. The number of carbonyl (C=O) groups is 2. The van der Waals surface area contributed by atoms with Gasteiger partial charge in [0.15, 0.2) is 0 Å². The molecule has 1 aliphatic heterocycles. The molecule has 2 aromatic rings. The molecule has 1 heterocycles. The van der Waals surface area contributed by atoms with Crippen molar-refractivity contribution in [3.05, 3.63) is 77.9 Å². The predicted molar refractivity (Wildman–Crippen MR) is 140 cm³/mol. The van der Waals surface area contributed by atoms with Gasteiger partial charge in [-0.25, -0.2) is 8.42 Å². The number of benzene rings is 2. The van der Waals surface area contributed by atoms with E-state index in [0.29, 0.717) is 25.2 Å². The van der Waals surface area contributed by atoms with Crippen molar-refractivity contribution in [2.24, 2.45) is 11.8 Å². The fraction of sp³-hybridized carbons (Fsp3) is 0.429. The van der Waals surface area contributed by atoms with E-state index in [2.05, 4.69) is 50.1 Å². The van der Waals surface area contributed by atoms with Gasteiger partial charge in [-0.3, -0.25) is 9.59 Å². The van der Waals surface area contributed by atoms with E-state index in [9.17, 15) is 18.0 Å². The number of fused-ring (bicyclic) bond motifs is 1. The van der Waals surface area contributed by atoms with Crippen LogP contribution in [0.4, 0.5) is 0 Å². The quantitative estimate of drug-likeness (QED) is 0.558. The zero-order chi connectivity index (χ0) is 26.1. The van der Waals surface area contributed by atoms with Crippen LogP contribution in [0.2, 0.25) is 0 Å². The summed E-state index contributed by atoms with van der Waals surface area (Å²) in [5.41, 5.74) is 2.72. The Bertz CT molecular complexity index is 1220. The maximum absolute atomic E-state index is 13.2. The van der Waals surface area contributed by atoms with Gasteiger partial charge in [0.25, 0.3) is 5.91 Å². The smallest absolute Gasteiger partial charge is 0.251 e. The highest BCUT2D eigenvalue weighted by molar-refractivity contribution is 7.89. The molecule has 1 saturated carbocycles. The van der Waals surface area contributed by atoms with Crippen LogP contribution < -0.4 is 10.6 Å². The summed E-state index contributed by atoms with van der Waals surface area (Å²) in [5.74, 6) is 0.0315. The van der Waals surface area contributed by atoms with Crippen LogP contribution >= 0.6 is 0 Å². The maximum Gasteiger partial charge on any atom is 0.251 e. The van der Waals surface area contributed by atoms with Crippen molar-refractivity contribution in [1.82, 2.24) is 14.9 Å². The first-order valence-electron chi connectivity index (χ1n) is 12.4. The molecule has 1 aliphatic carbocycles. The normalized spacial score (nSPS) is 22.1. The molecule has 36 heavy (non-hydrogen) atoms. The molecule has 0 spiro atoms. The molecule has 8 heteroatoms. The molecule has 2 aliphatic rings. The summed E-state index contributed by atoms with van der Waals surface area (Å²) >= 11 is 0. The fourth-order valence-electron chi connectivity index (χ4n) is 5.17. The van der Waals surface area contributed by atoms with Gasteiger partial charge in [0.1, 0.15) is 0 Å². The Kier molecular flexibility index (Phi) is 7.38. The van der Waals surface area contributed by atoms with Crippen LogP contribution in [0.5, 0.6) is 0 Å². The minimum absolute atomic E-state index is 0.0726. The molecule has 2 unspecified atom stereocenters. The number of nitrogens with zero attached hydrogens (tertiary/aromatic N) is 1. The fourth-order valence-corrected chi connectivity index (χ4v) is 6.72. The van der Waals surface area contributed by atoms with E-state index in [-0.39, 0.29) is 40.0 Å². The lowest BCUT2D eigenvalue weighted by Gasteiger charge is -2.19. The van der Waals surface area contributed by atoms with Gasteiger partial charge in [-0.2, -0.15) is 4.31 Å². The minimum Gasteiger partial charge on any atom is -0.350 e. The Morgan fingerprint density at radius 2 is 1.58 bits per heavy atom. The average Bonchev–Trinajstić information content (AvgIpc) is 3.41. The monoisotopic (exact) mass is 509 g/mol. The van der Waals surface area contributed by atoms with E-state index in [4.69, 9.17) is 0 Å². The SMILES string of the molecule is C=CC(=O)NC1CC2CN(S(=O)(=O)c3ccc(C(=O)NCc4ccc(C(C)(C)C)cc4)cc3)CC2C1. The van der Waals surface area contributed by atoms with Gasteiger partial charge >= 0.3 is 0 Å². The first kappa shape index (κ1) is 26.1. The Balaban J connectivity index is 1.33. The van der Waals surface area contributed by atoms with Crippen LogP contribution in [0.1, 0.15) is 55.1 Å². The Morgan fingerprint density at radius 3 is 2.11 bits per heavy atom. The van der Waals surface area contributed by atoms with Crippen molar-refractivity contribution in [3.8, 4) is 0 Å². The summed E-state index contributed by atoms with van der Waals surface area (Å²) in [4.78, 5) is 24.4.